The molecule has 59 heavy (non-hydrogen) atoms. The molecule has 10 rings (SSSR count). The van der Waals surface area contributed by atoms with Crippen molar-refractivity contribution in [3.63, 3.8) is 0 Å². The number of para-hydroxylation sites is 1. The van der Waals surface area contributed by atoms with Gasteiger partial charge in [-0.3, -0.25) is 0 Å². The molecule has 290 valence electrons. The van der Waals surface area contributed by atoms with Crippen LogP contribution < -0.4 is 4.90 Å². The summed E-state index contributed by atoms with van der Waals surface area (Å²) in [6.45, 7) is 19.0. The van der Waals surface area contributed by atoms with E-state index in [9.17, 15) is 0 Å². The SMILES string of the molecule is CC(C)(C)c1cc(C(C)(C)C)c2c(c1)C(C)(C)c1cccc(-c3ccccc3N(c3cccc(-c4ccc5ccccc5c4)c3)c3cccc4c3sc3ccccc34)c1-2. The van der Waals surface area contributed by atoms with Gasteiger partial charge in [0.1, 0.15) is 0 Å². The number of hydrogen-bond acceptors (Lipinski definition) is 2. The van der Waals surface area contributed by atoms with Crippen LogP contribution in [-0.4, -0.2) is 0 Å². The lowest BCUT2D eigenvalue weighted by Gasteiger charge is -2.31. The van der Waals surface area contributed by atoms with Crippen molar-refractivity contribution in [3.05, 3.63) is 186 Å². The van der Waals surface area contributed by atoms with Gasteiger partial charge in [0.15, 0.2) is 0 Å². The largest absolute Gasteiger partial charge is 0.308 e. The molecule has 0 bridgehead atoms. The van der Waals surface area contributed by atoms with Gasteiger partial charge in [0.2, 0.25) is 0 Å². The van der Waals surface area contributed by atoms with E-state index < -0.39 is 0 Å². The van der Waals surface area contributed by atoms with Gasteiger partial charge >= 0.3 is 0 Å². The summed E-state index contributed by atoms with van der Waals surface area (Å²) in [5, 5.41) is 5.09. The third-order valence-corrected chi connectivity index (χ3v) is 13.9. The van der Waals surface area contributed by atoms with Crippen molar-refractivity contribution < 1.29 is 0 Å². The number of fused-ring (bicyclic) bond motifs is 7. The summed E-state index contributed by atoms with van der Waals surface area (Å²) in [4.78, 5) is 2.53. The Morgan fingerprint density at radius 1 is 0.475 bits per heavy atom. The molecule has 1 nitrogen and oxygen atoms in total. The Morgan fingerprint density at radius 3 is 1.95 bits per heavy atom. The molecule has 0 radical (unpaired) electrons. The van der Waals surface area contributed by atoms with E-state index >= 15 is 0 Å². The molecule has 1 aromatic heterocycles. The smallest absolute Gasteiger partial charge is 0.0640 e. The Kier molecular flexibility index (Phi) is 8.57. The molecule has 0 saturated carbocycles. The Labute approximate surface area is 353 Å². The van der Waals surface area contributed by atoms with Gasteiger partial charge < -0.3 is 4.90 Å². The quantitative estimate of drug-likeness (QED) is 0.168. The van der Waals surface area contributed by atoms with E-state index in [0.29, 0.717) is 0 Å². The predicted molar refractivity (Wildman–Crippen MR) is 257 cm³/mol. The normalized spacial score (nSPS) is 13.6. The van der Waals surface area contributed by atoms with E-state index in [4.69, 9.17) is 0 Å². The zero-order valence-corrected chi connectivity index (χ0v) is 36.3. The molecule has 0 N–H and O–H groups in total. The van der Waals surface area contributed by atoms with Crippen LogP contribution in [0.5, 0.6) is 0 Å². The van der Waals surface area contributed by atoms with Crippen LogP contribution in [0.15, 0.2) is 164 Å². The van der Waals surface area contributed by atoms with E-state index in [0.717, 1.165) is 11.4 Å². The van der Waals surface area contributed by atoms with Crippen molar-refractivity contribution in [3.8, 4) is 33.4 Å². The minimum Gasteiger partial charge on any atom is -0.308 e. The van der Waals surface area contributed by atoms with Crippen LogP contribution in [0.4, 0.5) is 17.1 Å². The zero-order valence-electron chi connectivity index (χ0n) is 35.4. The molecule has 0 atom stereocenters. The lowest BCUT2D eigenvalue weighted by Crippen LogP contribution is -2.21. The minimum absolute atomic E-state index is 0.0326. The maximum atomic E-state index is 2.53. The molecule has 0 unspecified atom stereocenters. The van der Waals surface area contributed by atoms with E-state index in [-0.39, 0.29) is 16.2 Å². The van der Waals surface area contributed by atoms with Crippen LogP contribution in [0.3, 0.4) is 0 Å². The first kappa shape index (κ1) is 37.3. The maximum Gasteiger partial charge on any atom is 0.0640 e. The molecule has 8 aromatic carbocycles. The molecule has 0 fully saturated rings. The highest BCUT2D eigenvalue weighted by Gasteiger charge is 2.41. The summed E-state index contributed by atoms with van der Waals surface area (Å²) in [6, 6.07) is 61.5. The van der Waals surface area contributed by atoms with Gasteiger partial charge in [0, 0.05) is 32.1 Å². The van der Waals surface area contributed by atoms with Gasteiger partial charge in [-0.05, 0) is 108 Å². The summed E-state index contributed by atoms with van der Waals surface area (Å²) < 4.78 is 2.59. The number of benzene rings is 8. The fourth-order valence-electron chi connectivity index (χ4n) is 9.55. The molecular weight excluding hydrogens is 731 g/mol. The summed E-state index contributed by atoms with van der Waals surface area (Å²) in [7, 11) is 0. The van der Waals surface area contributed by atoms with Crippen molar-refractivity contribution in [2.45, 2.75) is 71.6 Å². The molecule has 0 spiro atoms. The standard InChI is InChI=1S/C57H51NS/c1-55(2,3)40-34-47(56(4,5)6)53-48(35-40)57(7,8)46-26-16-24-44(52(46)53)42-22-11-13-27-49(42)58(50-28-17-25-45-43-23-12-14-29-51(43)59-54(45)50)41-21-15-20-38(33-41)39-31-30-36-18-9-10-19-37(36)32-39/h9-35H,1-8H3. The van der Waals surface area contributed by atoms with Gasteiger partial charge in [-0.15, -0.1) is 11.3 Å². The van der Waals surface area contributed by atoms with E-state index in [1.165, 1.54) is 92.3 Å². The van der Waals surface area contributed by atoms with Gasteiger partial charge in [-0.1, -0.05) is 183 Å². The molecule has 1 heterocycles. The fraction of sp³-hybridized carbons (Fsp3) is 0.193. The van der Waals surface area contributed by atoms with Crippen molar-refractivity contribution in [1.29, 1.82) is 0 Å². The molecule has 1 aliphatic carbocycles. The Balaban J connectivity index is 1.25. The summed E-state index contributed by atoms with van der Waals surface area (Å²) >= 11 is 1.89. The minimum atomic E-state index is -0.159. The molecule has 2 heteroatoms. The van der Waals surface area contributed by atoms with Crippen molar-refractivity contribution >= 4 is 59.3 Å². The van der Waals surface area contributed by atoms with E-state index in [1.54, 1.807) is 0 Å². The Morgan fingerprint density at radius 2 is 1.14 bits per heavy atom. The van der Waals surface area contributed by atoms with Gasteiger partial charge in [0.05, 0.1) is 16.1 Å². The second-order valence-electron chi connectivity index (χ2n) is 19.0. The first-order valence-corrected chi connectivity index (χ1v) is 21.8. The van der Waals surface area contributed by atoms with E-state index in [2.05, 4.69) is 224 Å². The van der Waals surface area contributed by atoms with Crippen LogP contribution in [0.2, 0.25) is 0 Å². The maximum absolute atomic E-state index is 2.53. The van der Waals surface area contributed by atoms with Crippen LogP contribution in [0.1, 0.15) is 77.6 Å². The Hall–Kier alpha value is -5.96. The lowest BCUT2D eigenvalue weighted by molar-refractivity contribution is 0.564. The summed E-state index contributed by atoms with van der Waals surface area (Å²) in [6.07, 6.45) is 0. The van der Waals surface area contributed by atoms with Crippen LogP contribution in [-0.2, 0) is 16.2 Å². The van der Waals surface area contributed by atoms with Crippen molar-refractivity contribution in [2.75, 3.05) is 4.90 Å². The third-order valence-electron chi connectivity index (χ3n) is 12.7. The monoisotopic (exact) mass is 781 g/mol. The average Bonchev–Trinajstić information content (AvgIpc) is 3.72. The van der Waals surface area contributed by atoms with Crippen molar-refractivity contribution in [2.24, 2.45) is 0 Å². The highest BCUT2D eigenvalue weighted by atomic mass is 32.1. The molecule has 0 saturated heterocycles. The summed E-state index contributed by atoms with van der Waals surface area (Å²) in [5.74, 6) is 0. The van der Waals surface area contributed by atoms with Crippen molar-refractivity contribution in [1.82, 2.24) is 0 Å². The second-order valence-corrected chi connectivity index (χ2v) is 20.1. The fourth-order valence-corrected chi connectivity index (χ4v) is 10.8. The predicted octanol–water partition coefficient (Wildman–Crippen LogP) is 16.9. The highest BCUT2D eigenvalue weighted by molar-refractivity contribution is 7.26. The summed E-state index contributed by atoms with van der Waals surface area (Å²) in [5.41, 5.74) is 16.6. The Bertz CT molecular complexity index is 3110. The number of anilines is 3. The number of rotatable bonds is 5. The topological polar surface area (TPSA) is 3.24 Å². The van der Waals surface area contributed by atoms with Gasteiger partial charge in [-0.2, -0.15) is 0 Å². The van der Waals surface area contributed by atoms with Crippen LogP contribution in [0.25, 0.3) is 64.3 Å². The number of hydrogen-bond donors (Lipinski definition) is 0. The molecule has 9 aromatic rings. The second kappa shape index (κ2) is 13.5. The number of nitrogens with zero attached hydrogens (tertiary/aromatic N) is 1. The molecule has 0 aliphatic heterocycles. The average molecular weight is 782 g/mol. The van der Waals surface area contributed by atoms with Crippen LogP contribution >= 0.6 is 11.3 Å². The first-order valence-electron chi connectivity index (χ1n) is 21.0. The molecule has 1 aliphatic rings. The van der Waals surface area contributed by atoms with Gasteiger partial charge in [0.25, 0.3) is 0 Å². The first-order chi connectivity index (χ1) is 28.3. The number of thiophene rings is 1. The highest BCUT2D eigenvalue weighted by Crippen LogP contribution is 2.57. The molecular formula is C57H51NS. The van der Waals surface area contributed by atoms with Crippen LogP contribution in [0, 0.1) is 0 Å². The molecule has 0 amide bonds. The van der Waals surface area contributed by atoms with Gasteiger partial charge in [-0.25, -0.2) is 0 Å². The zero-order chi connectivity index (χ0) is 40.8. The lowest BCUT2D eigenvalue weighted by atomic mass is 9.74. The third kappa shape index (κ3) is 6.11. The van der Waals surface area contributed by atoms with E-state index in [1.807, 2.05) is 11.3 Å².